The van der Waals surface area contributed by atoms with Crippen molar-refractivity contribution >= 4 is 5.91 Å². The largest absolute Gasteiger partial charge is 0.351 e. The Hall–Kier alpha value is -0.570. The first-order valence-corrected chi connectivity index (χ1v) is 4.67. The summed E-state index contributed by atoms with van der Waals surface area (Å²) in [6.45, 7) is 7.93. The minimum Gasteiger partial charge on any atom is -0.351 e. The maximum Gasteiger partial charge on any atom is 0.234 e. The van der Waals surface area contributed by atoms with Gasteiger partial charge in [0.25, 0.3) is 0 Å². The first-order chi connectivity index (χ1) is 5.63. The molecular weight excluding hydrogens is 152 g/mol. The molecule has 0 aromatic rings. The van der Waals surface area contributed by atoms with Gasteiger partial charge in [-0.3, -0.25) is 9.69 Å². The lowest BCUT2D eigenvalue weighted by Crippen LogP contribution is -2.55. The monoisotopic (exact) mass is 170 g/mol. The third kappa shape index (κ3) is 2.21. The number of piperazine rings is 1. The first kappa shape index (κ1) is 9.52. The number of nitrogens with one attached hydrogen (secondary N) is 1. The van der Waals surface area contributed by atoms with Crippen molar-refractivity contribution in [3.8, 4) is 0 Å². The van der Waals surface area contributed by atoms with E-state index in [9.17, 15) is 4.79 Å². The number of amides is 1. The van der Waals surface area contributed by atoms with E-state index in [1.165, 1.54) is 0 Å². The van der Waals surface area contributed by atoms with E-state index in [1.807, 2.05) is 0 Å². The minimum atomic E-state index is 0.168. The average molecular weight is 170 g/mol. The van der Waals surface area contributed by atoms with Crippen molar-refractivity contribution in [2.75, 3.05) is 13.1 Å². The molecule has 1 aliphatic heterocycles. The predicted molar refractivity (Wildman–Crippen MR) is 48.9 cm³/mol. The van der Waals surface area contributed by atoms with E-state index in [1.54, 1.807) is 0 Å². The lowest BCUT2D eigenvalue weighted by molar-refractivity contribution is -0.126. The second-order valence-corrected chi connectivity index (χ2v) is 3.70. The van der Waals surface area contributed by atoms with Crippen LogP contribution in [0.1, 0.15) is 27.2 Å². The van der Waals surface area contributed by atoms with Crippen molar-refractivity contribution in [2.45, 2.75) is 39.3 Å². The van der Waals surface area contributed by atoms with E-state index < -0.39 is 0 Å². The average Bonchev–Trinajstić information content (AvgIpc) is 2.03. The standard InChI is InChI=1S/C9H18N2O/c1-4-8-5-11(7(2)3)6-9(12)10-8/h7-8H,4-6H2,1-3H3,(H,10,12). The SMILES string of the molecule is CCC1CN(C(C)C)CC(=O)N1. The van der Waals surface area contributed by atoms with Crippen LogP contribution in [0.3, 0.4) is 0 Å². The van der Waals surface area contributed by atoms with Crippen LogP contribution in [0.4, 0.5) is 0 Å². The van der Waals surface area contributed by atoms with Gasteiger partial charge in [-0.25, -0.2) is 0 Å². The Morgan fingerprint density at radius 3 is 2.83 bits per heavy atom. The molecule has 0 bridgehead atoms. The third-order valence-electron chi connectivity index (χ3n) is 2.39. The molecule has 0 aliphatic carbocycles. The van der Waals surface area contributed by atoms with Gasteiger partial charge in [0.15, 0.2) is 0 Å². The molecule has 0 spiro atoms. The zero-order valence-corrected chi connectivity index (χ0v) is 8.13. The van der Waals surface area contributed by atoms with Crippen molar-refractivity contribution in [1.82, 2.24) is 10.2 Å². The molecule has 1 aliphatic rings. The van der Waals surface area contributed by atoms with Gasteiger partial charge in [-0.1, -0.05) is 6.92 Å². The molecule has 1 saturated heterocycles. The van der Waals surface area contributed by atoms with Gasteiger partial charge in [0, 0.05) is 18.6 Å². The van der Waals surface area contributed by atoms with Gasteiger partial charge in [0.05, 0.1) is 6.54 Å². The summed E-state index contributed by atoms with van der Waals surface area (Å²) in [6.07, 6.45) is 1.02. The van der Waals surface area contributed by atoms with Gasteiger partial charge >= 0.3 is 0 Å². The fourth-order valence-corrected chi connectivity index (χ4v) is 1.48. The molecule has 1 unspecified atom stereocenters. The van der Waals surface area contributed by atoms with Gasteiger partial charge in [-0.15, -0.1) is 0 Å². The highest BCUT2D eigenvalue weighted by Gasteiger charge is 2.24. The van der Waals surface area contributed by atoms with Crippen molar-refractivity contribution < 1.29 is 4.79 Å². The molecule has 0 aromatic heterocycles. The molecule has 1 N–H and O–H groups in total. The smallest absolute Gasteiger partial charge is 0.234 e. The summed E-state index contributed by atoms with van der Waals surface area (Å²) in [5, 5.41) is 2.97. The molecule has 1 fully saturated rings. The highest BCUT2D eigenvalue weighted by Crippen LogP contribution is 2.06. The fraction of sp³-hybridized carbons (Fsp3) is 0.889. The molecule has 0 radical (unpaired) electrons. The number of carbonyl (C=O) groups is 1. The Labute approximate surface area is 74.1 Å². The maximum absolute atomic E-state index is 11.2. The summed E-state index contributed by atoms with van der Waals surface area (Å²) >= 11 is 0. The van der Waals surface area contributed by atoms with Crippen LogP contribution in [0, 0.1) is 0 Å². The third-order valence-corrected chi connectivity index (χ3v) is 2.39. The number of hydrogen-bond donors (Lipinski definition) is 1. The Bertz CT molecular complexity index is 168. The second-order valence-electron chi connectivity index (χ2n) is 3.70. The summed E-state index contributed by atoms with van der Waals surface area (Å²) in [5.41, 5.74) is 0. The topological polar surface area (TPSA) is 32.3 Å². The van der Waals surface area contributed by atoms with Crippen molar-refractivity contribution in [3.63, 3.8) is 0 Å². The summed E-state index contributed by atoms with van der Waals surface area (Å²) in [6, 6.07) is 0.832. The second kappa shape index (κ2) is 3.90. The first-order valence-electron chi connectivity index (χ1n) is 4.67. The Morgan fingerprint density at radius 1 is 1.67 bits per heavy atom. The molecule has 70 valence electrons. The molecule has 3 heteroatoms. The fourth-order valence-electron chi connectivity index (χ4n) is 1.48. The van der Waals surface area contributed by atoms with Crippen LogP contribution in [0.2, 0.25) is 0 Å². The normalized spacial score (nSPS) is 26.0. The molecule has 0 aromatic carbocycles. The van der Waals surface area contributed by atoms with Crippen LogP contribution in [0.15, 0.2) is 0 Å². The van der Waals surface area contributed by atoms with Crippen LogP contribution in [-0.4, -0.2) is 36.0 Å². The zero-order chi connectivity index (χ0) is 9.14. The number of nitrogens with zero attached hydrogens (tertiary/aromatic N) is 1. The van der Waals surface area contributed by atoms with Crippen LogP contribution >= 0.6 is 0 Å². The zero-order valence-electron chi connectivity index (χ0n) is 8.13. The Kier molecular flexibility index (Phi) is 3.09. The maximum atomic E-state index is 11.2. The van der Waals surface area contributed by atoms with Gasteiger partial charge in [0.1, 0.15) is 0 Å². The molecule has 1 amide bonds. The summed E-state index contributed by atoms with van der Waals surface area (Å²) in [5.74, 6) is 0.168. The molecule has 1 rings (SSSR count). The van der Waals surface area contributed by atoms with E-state index in [-0.39, 0.29) is 5.91 Å². The Balaban J connectivity index is 2.51. The van der Waals surface area contributed by atoms with Crippen molar-refractivity contribution in [3.05, 3.63) is 0 Å². The number of rotatable bonds is 2. The molecule has 12 heavy (non-hydrogen) atoms. The van der Waals surface area contributed by atoms with Crippen LogP contribution in [-0.2, 0) is 4.79 Å². The molecule has 3 nitrogen and oxygen atoms in total. The highest BCUT2D eigenvalue weighted by molar-refractivity contribution is 5.79. The van der Waals surface area contributed by atoms with Gasteiger partial charge in [0.2, 0.25) is 5.91 Å². The quantitative estimate of drug-likeness (QED) is 0.658. The van der Waals surface area contributed by atoms with E-state index in [0.29, 0.717) is 18.6 Å². The van der Waals surface area contributed by atoms with Crippen LogP contribution < -0.4 is 5.32 Å². The van der Waals surface area contributed by atoms with Crippen LogP contribution in [0.5, 0.6) is 0 Å². The summed E-state index contributed by atoms with van der Waals surface area (Å²) in [7, 11) is 0. The predicted octanol–water partition coefficient (Wildman–Crippen LogP) is 0.605. The van der Waals surface area contributed by atoms with E-state index in [2.05, 4.69) is 31.0 Å². The van der Waals surface area contributed by atoms with E-state index >= 15 is 0 Å². The van der Waals surface area contributed by atoms with Gasteiger partial charge in [-0.05, 0) is 20.3 Å². The molecular formula is C9H18N2O. The van der Waals surface area contributed by atoms with E-state index in [4.69, 9.17) is 0 Å². The Morgan fingerprint density at radius 2 is 2.33 bits per heavy atom. The lowest BCUT2D eigenvalue weighted by Gasteiger charge is -2.35. The number of hydrogen-bond acceptors (Lipinski definition) is 2. The number of carbonyl (C=O) groups excluding carboxylic acids is 1. The van der Waals surface area contributed by atoms with Gasteiger partial charge in [-0.2, -0.15) is 0 Å². The summed E-state index contributed by atoms with van der Waals surface area (Å²) < 4.78 is 0. The summed E-state index contributed by atoms with van der Waals surface area (Å²) in [4.78, 5) is 13.4. The molecule has 1 heterocycles. The van der Waals surface area contributed by atoms with Crippen molar-refractivity contribution in [2.24, 2.45) is 0 Å². The van der Waals surface area contributed by atoms with Gasteiger partial charge < -0.3 is 5.32 Å². The lowest BCUT2D eigenvalue weighted by atomic mass is 10.1. The molecule has 1 atom stereocenters. The van der Waals surface area contributed by atoms with E-state index in [0.717, 1.165) is 13.0 Å². The minimum absolute atomic E-state index is 0.168. The van der Waals surface area contributed by atoms with Crippen molar-refractivity contribution in [1.29, 1.82) is 0 Å². The highest BCUT2D eigenvalue weighted by atomic mass is 16.2. The van der Waals surface area contributed by atoms with Crippen LogP contribution in [0.25, 0.3) is 0 Å². The molecule has 0 saturated carbocycles.